The monoisotopic (exact) mass is 945 g/mol. The fraction of sp³-hybridized carbons (Fsp3) is 0.455. The molecule has 2 aromatic heterocycles. The van der Waals surface area contributed by atoms with Crippen molar-refractivity contribution in [3.05, 3.63) is 72.6 Å². The second kappa shape index (κ2) is 16.5. The number of alkyl halides is 6. The van der Waals surface area contributed by atoms with Gasteiger partial charge in [-0.15, -0.1) is 10.2 Å². The largest absolute Gasteiger partial charge is 2.00 e. The van der Waals surface area contributed by atoms with Crippen molar-refractivity contribution in [2.75, 3.05) is 36.0 Å². The Labute approximate surface area is 352 Å². The van der Waals surface area contributed by atoms with Crippen LogP contribution in [0.4, 0.5) is 78.4 Å². The van der Waals surface area contributed by atoms with Gasteiger partial charge in [-0.2, -0.15) is 36.3 Å². The molecule has 8 rings (SSSR count). The predicted molar refractivity (Wildman–Crippen MR) is 199 cm³/mol. The first-order valence-electron chi connectivity index (χ1n) is 17.9. The minimum Gasteiger partial charge on any atom is -0.567 e. The van der Waals surface area contributed by atoms with Gasteiger partial charge in [-0.1, -0.05) is 35.5 Å². The average molecular weight is 946 g/mol. The van der Waals surface area contributed by atoms with E-state index in [0.717, 1.165) is 42.5 Å². The van der Waals surface area contributed by atoms with Crippen molar-refractivity contribution in [1.82, 2.24) is 9.97 Å². The number of oxazole rings is 2. The zero-order valence-electron chi connectivity index (χ0n) is 31.5. The van der Waals surface area contributed by atoms with Gasteiger partial charge in [-0.3, -0.25) is 10.1 Å². The summed E-state index contributed by atoms with van der Waals surface area (Å²) in [4.78, 5) is 21.2. The van der Waals surface area contributed by atoms with Crippen molar-refractivity contribution in [3.63, 3.8) is 0 Å². The molecule has 0 saturated heterocycles. The molecule has 0 amide bonds. The Morgan fingerprint density at radius 2 is 1.34 bits per heavy atom. The first-order valence-corrected chi connectivity index (χ1v) is 20.7. The molecule has 4 aromatic rings. The summed E-state index contributed by atoms with van der Waals surface area (Å²) >= 11 is 0. The first-order chi connectivity index (χ1) is 28.1. The van der Waals surface area contributed by atoms with Crippen LogP contribution in [0.5, 0.6) is 0 Å². The molecule has 330 valence electrons. The maximum atomic E-state index is 13.1. The van der Waals surface area contributed by atoms with E-state index in [1.54, 1.807) is 6.07 Å². The van der Waals surface area contributed by atoms with Crippen LogP contribution in [0.3, 0.4) is 0 Å². The van der Waals surface area contributed by atoms with E-state index in [4.69, 9.17) is 8.83 Å². The zero-order chi connectivity index (χ0) is 43.4. The molecule has 6 heterocycles. The summed E-state index contributed by atoms with van der Waals surface area (Å²) in [5.74, 6) is -0.701. The van der Waals surface area contributed by atoms with E-state index in [1.807, 2.05) is 18.7 Å². The van der Waals surface area contributed by atoms with Crippen LogP contribution in [-0.2, 0) is 61.2 Å². The topological polar surface area (TPSA) is 248 Å². The Bertz CT molecular complexity index is 2620. The summed E-state index contributed by atoms with van der Waals surface area (Å²) in [6, 6.07) is 2.37. The van der Waals surface area contributed by atoms with Crippen LogP contribution < -0.4 is 9.80 Å². The van der Waals surface area contributed by atoms with Crippen molar-refractivity contribution in [2.24, 2.45) is 20.5 Å². The number of azo groups is 2. The fourth-order valence-electron chi connectivity index (χ4n) is 7.31. The zero-order valence-corrected chi connectivity index (χ0v) is 34.2. The van der Waals surface area contributed by atoms with Crippen molar-refractivity contribution in [3.8, 4) is 0 Å². The Morgan fingerprint density at radius 1 is 0.787 bits per heavy atom. The number of hydrogen-bond acceptors (Lipinski definition) is 16. The van der Waals surface area contributed by atoms with Crippen molar-refractivity contribution in [1.29, 1.82) is 0 Å². The van der Waals surface area contributed by atoms with Crippen LogP contribution in [0.2, 0.25) is 0 Å². The Kier molecular flexibility index (Phi) is 12.2. The van der Waals surface area contributed by atoms with Crippen LogP contribution in [0.15, 0.2) is 60.1 Å². The Morgan fingerprint density at radius 3 is 1.89 bits per heavy atom. The molecule has 0 fully saturated rings. The number of nitrogens with zero attached hydrogens (tertiary/aromatic N) is 11. The second-order valence-electron chi connectivity index (χ2n) is 14.4. The van der Waals surface area contributed by atoms with E-state index >= 15 is 0 Å². The van der Waals surface area contributed by atoms with Crippen molar-refractivity contribution < 1.29 is 73.4 Å². The molecule has 61 heavy (non-hydrogen) atoms. The number of aromatic nitrogens is 2. The molecule has 19 nitrogen and oxygen atoms in total. The number of anilines is 2. The molecule has 4 aliphatic rings. The second-order valence-corrected chi connectivity index (χ2v) is 17.6. The van der Waals surface area contributed by atoms with E-state index in [-0.39, 0.29) is 45.0 Å². The molecular weight excluding hydrogens is 915 g/mol. The average Bonchev–Trinajstić information content (AvgIpc) is 3.95. The molecule has 0 spiro atoms. The van der Waals surface area contributed by atoms with Crippen LogP contribution in [0.1, 0.15) is 55.4 Å². The van der Waals surface area contributed by atoms with Gasteiger partial charge in [0.25, 0.3) is 0 Å². The van der Waals surface area contributed by atoms with Gasteiger partial charge in [-0.25, -0.2) is 16.8 Å². The smallest absolute Gasteiger partial charge is 0.567 e. The predicted octanol–water partition coefficient (Wildman–Crippen LogP) is 9.54. The fourth-order valence-corrected chi connectivity index (χ4v) is 8.41. The van der Waals surface area contributed by atoms with Gasteiger partial charge in [0.05, 0.1) is 17.6 Å². The Balaban J connectivity index is 0.000000201. The number of benzene rings is 2. The molecule has 28 heteroatoms. The molecule has 0 atom stereocenters. The number of nitro groups is 1. The van der Waals surface area contributed by atoms with E-state index in [9.17, 15) is 53.3 Å². The molecule has 0 bridgehead atoms. The maximum absolute atomic E-state index is 13.1. The number of sulfonamides is 2. The standard InChI is InChI=1S/C18H19F3N5O3S.C15H12F3N6O5S.Ni/c1-17(2)5-8-26-7-3-4-11-14(25-30(27,28)18(19,20)21)13(10-12(17)15(11)26)23-24-16-22-6-9-29-16;16-15(17,18)30(27,28)22-12-9-2-1-4-23-5-3-8(13(9)23)6-10(12)20-21-14-19-7-11(29-14)24(25)26;/h6,9-10H,3-5,7-8H2,1-2H3;6-7H,1-5H2;/q2*-1;+2. The molecule has 0 aliphatic carbocycles. The molecule has 0 saturated carbocycles. The van der Waals surface area contributed by atoms with Crippen LogP contribution in [0, 0.1) is 10.1 Å². The molecule has 2 aromatic carbocycles. The summed E-state index contributed by atoms with van der Waals surface area (Å²) in [6.07, 6.45) is 6.82. The molecule has 0 unspecified atom stereocenters. The van der Waals surface area contributed by atoms with E-state index < -0.39 is 53.6 Å². The number of rotatable bonds is 9. The van der Waals surface area contributed by atoms with Crippen LogP contribution in [-0.4, -0.2) is 68.9 Å². The number of halogens is 6. The molecule has 4 aliphatic heterocycles. The third-order valence-electron chi connectivity index (χ3n) is 10.1. The van der Waals surface area contributed by atoms with Gasteiger partial charge >= 0.3 is 45.4 Å². The normalized spacial score (nSPS) is 17.0. The van der Waals surface area contributed by atoms with Gasteiger partial charge in [0, 0.05) is 37.6 Å². The van der Waals surface area contributed by atoms with Gasteiger partial charge in [0.1, 0.15) is 11.2 Å². The van der Waals surface area contributed by atoms with Crippen LogP contribution in [0.25, 0.3) is 9.44 Å². The minimum absolute atomic E-state index is 0. The summed E-state index contributed by atoms with van der Waals surface area (Å²) in [7, 11) is -11.6. The minimum atomic E-state index is -5.83. The van der Waals surface area contributed by atoms with Crippen LogP contribution >= 0.6 is 0 Å². The quantitative estimate of drug-likeness (QED) is 0.0500. The van der Waals surface area contributed by atoms with Crippen molar-refractivity contribution in [2.45, 2.75) is 68.8 Å². The van der Waals surface area contributed by atoms with Gasteiger partial charge < -0.3 is 28.1 Å². The van der Waals surface area contributed by atoms with Gasteiger partial charge in [-0.05, 0) is 78.3 Å². The van der Waals surface area contributed by atoms with E-state index in [1.165, 1.54) is 18.5 Å². The SMILES string of the molecule is CC1(C)CCN2CCCc3c([N-]S(=O)(=O)C(F)(F)F)c(N=Nc4ncco4)cc1c32.O=[N+]([O-])c1cnc(N=Nc2cc3c4c(c2[N-]S(=O)(=O)C(F)(F)F)CCCN4CC3)o1.[Ni+2]. The summed E-state index contributed by atoms with van der Waals surface area (Å²) < 4.78 is 141. The maximum Gasteiger partial charge on any atom is 2.00 e. The third kappa shape index (κ3) is 9.01. The number of hydrogen-bond donors (Lipinski definition) is 0. The third-order valence-corrected chi connectivity index (χ3v) is 12.1. The summed E-state index contributed by atoms with van der Waals surface area (Å²) in [5.41, 5.74) is -8.56. The molecule has 0 radical (unpaired) electrons. The first kappa shape index (κ1) is 45.2. The van der Waals surface area contributed by atoms with Crippen molar-refractivity contribution >= 4 is 72.1 Å². The van der Waals surface area contributed by atoms with E-state index in [0.29, 0.717) is 62.0 Å². The van der Waals surface area contributed by atoms with Gasteiger partial charge in [0.15, 0.2) is 26.2 Å². The van der Waals surface area contributed by atoms with Gasteiger partial charge in [0.2, 0.25) is 0 Å². The summed E-state index contributed by atoms with van der Waals surface area (Å²) in [6.45, 7) is 6.89. The Hall–Kier alpha value is -5.37. The molecule has 0 N–H and O–H groups in total. The van der Waals surface area contributed by atoms with E-state index in [2.05, 4.69) is 44.8 Å². The molecular formula is C33H31F6N11NiO8S2. The summed E-state index contributed by atoms with van der Waals surface area (Å²) in [5, 5.41) is 25.7.